The van der Waals surface area contributed by atoms with E-state index in [1.54, 1.807) is 0 Å². The fraction of sp³-hybridized carbons (Fsp3) is 0.947. The van der Waals surface area contributed by atoms with E-state index in [1.807, 2.05) is 0 Å². The minimum absolute atomic E-state index is 0.189. The van der Waals surface area contributed by atoms with E-state index in [2.05, 4.69) is 17.1 Å². The Hall–Kier alpha value is -0.610. The molecule has 1 aliphatic carbocycles. The molecular weight excluding hydrogens is 288 g/mol. The van der Waals surface area contributed by atoms with Gasteiger partial charge in [-0.1, -0.05) is 26.2 Å². The fourth-order valence-electron chi connectivity index (χ4n) is 4.57. The number of rotatable bonds is 6. The van der Waals surface area contributed by atoms with Gasteiger partial charge in [0, 0.05) is 25.0 Å². The SMILES string of the molecule is CCCCC1CCC(C(=O)NCC2CN3CCCC3CO2)CC1. The van der Waals surface area contributed by atoms with E-state index in [0.717, 1.165) is 31.9 Å². The van der Waals surface area contributed by atoms with Crippen molar-refractivity contribution in [2.24, 2.45) is 11.8 Å². The van der Waals surface area contributed by atoms with E-state index in [-0.39, 0.29) is 17.9 Å². The minimum Gasteiger partial charge on any atom is -0.373 e. The Kier molecular flexibility index (Phi) is 6.35. The first-order valence-electron chi connectivity index (χ1n) is 9.89. The predicted octanol–water partition coefficient (Wildman–Crippen LogP) is 2.96. The molecule has 2 atom stereocenters. The lowest BCUT2D eigenvalue weighted by Gasteiger charge is -2.35. The summed E-state index contributed by atoms with van der Waals surface area (Å²) in [5.74, 6) is 1.38. The molecule has 0 aromatic rings. The molecule has 1 amide bonds. The molecule has 2 heterocycles. The van der Waals surface area contributed by atoms with Crippen LogP contribution in [0.5, 0.6) is 0 Å². The van der Waals surface area contributed by atoms with Crippen molar-refractivity contribution in [2.75, 3.05) is 26.2 Å². The molecular formula is C19H34N2O2. The van der Waals surface area contributed by atoms with Crippen LogP contribution in [0.2, 0.25) is 0 Å². The molecule has 132 valence electrons. The second kappa shape index (κ2) is 8.48. The van der Waals surface area contributed by atoms with Gasteiger partial charge in [0.1, 0.15) is 0 Å². The Morgan fingerprint density at radius 3 is 2.83 bits per heavy atom. The van der Waals surface area contributed by atoms with Crippen LogP contribution in [0.4, 0.5) is 0 Å². The second-order valence-electron chi connectivity index (χ2n) is 7.85. The number of unbranched alkanes of at least 4 members (excludes halogenated alkanes) is 1. The maximum Gasteiger partial charge on any atom is 0.223 e. The smallest absolute Gasteiger partial charge is 0.223 e. The van der Waals surface area contributed by atoms with Crippen molar-refractivity contribution < 1.29 is 9.53 Å². The van der Waals surface area contributed by atoms with Crippen LogP contribution >= 0.6 is 0 Å². The number of morpholine rings is 1. The summed E-state index contributed by atoms with van der Waals surface area (Å²) in [6, 6.07) is 0.639. The molecule has 3 aliphatic rings. The number of hydrogen-bond donors (Lipinski definition) is 1. The Morgan fingerprint density at radius 1 is 1.22 bits per heavy atom. The zero-order valence-electron chi connectivity index (χ0n) is 14.8. The van der Waals surface area contributed by atoms with Gasteiger partial charge in [-0.25, -0.2) is 0 Å². The van der Waals surface area contributed by atoms with Crippen LogP contribution in [0.1, 0.15) is 64.7 Å². The summed E-state index contributed by atoms with van der Waals surface area (Å²) in [5, 5.41) is 3.17. The molecule has 1 saturated carbocycles. The Bertz CT molecular complexity index is 380. The third-order valence-corrected chi connectivity index (χ3v) is 6.15. The van der Waals surface area contributed by atoms with E-state index in [9.17, 15) is 4.79 Å². The standard InChI is InChI=1S/C19H34N2O2/c1-2-3-5-15-7-9-16(10-8-15)19(22)20-12-18-13-21-11-4-6-17(21)14-23-18/h15-18H,2-14H2,1H3,(H,20,22). The van der Waals surface area contributed by atoms with Gasteiger partial charge in [0.25, 0.3) is 0 Å². The van der Waals surface area contributed by atoms with E-state index in [4.69, 9.17) is 4.74 Å². The zero-order valence-corrected chi connectivity index (χ0v) is 14.8. The van der Waals surface area contributed by atoms with Crippen molar-refractivity contribution >= 4 is 5.91 Å². The summed E-state index contributed by atoms with van der Waals surface area (Å²) in [6.07, 6.45) is 11.4. The summed E-state index contributed by atoms with van der Waals surface area (Å²) < 4.78 is 5.93. The molecule has 0 spiro atoms. The molecule has 2 unspecified atom stereocenters. The van der Waals surface area contributed by atoms with Crippen molar-refractivity contribution in [2.45, 2.75) is 76.9 Å². The monoisotopic (exact) mass is 322 g/mol. The maximum atomic E-state index is 12.4. The van der Waals surface area contributed by atoms with Gasteiger partial charge in [-0.05, 0) is 51.0 Å². The average Bonchev–Trinajstić information content (AvgIpc) is 3.06. The molecule has 3 fully saturated rings. The van der Waals surface area contributed by atoms with Gasteiger partial charge >= 0.3 is 0 Å². The van der Waals surface area contributed by atoms with E-state index in [0.29, 0.717) is 12.6 Å². The predicted molar refractivity (Wildman–Crippen MR) is 92.3 cm³/mol. The molecule has 4 nitrogen and oxygen atoms in total. The minimum atomic E-state index is 0.189. The molecule has 0 aromatic carbocycles. The largest absolute Gasteiger partial charge is 0.373 e. The van der Waals surface area contributed by atoms with Crippen molar-refractivity contribution in [3.63, 3.8) is 0 Å². The third-order valence-electron chi connectivity index (χ3n) is 6.15. The van der Waals surface area contributed by atoms with Crippen molar-refractivity contribution in [1.29, 1.82) is 0 Å². The Balaban J connectivity index is 1.34. The lowest BCUT2D eigenvalue weighted by Crippen LogP contribution is -2.50. The van der Waals surface area contributed by atoms with Crippen LogP contribution in [0.15, 0.2) is 0 Å². The molecule has 0 aromatic heterocycles. The van der Waals surface area contributed by atoms with Gasteiger partial charge in [-0.3, -0.25) is 9.69 Å². The molecule has 2 aliphatic heterocycles. The van der Waals surface area contributed by atoms with Gasteiger partial charge in [0.05, 0.1) is 12.7 Å². The number of nitrogens with zero attached hydrogens (tertiary/aromatic N) is 1. The molecule has 1 N–H and O–H groups in total. The number of carbonyl (C=O) groups excluding carboxylic acids is 1. The number of hydrogen-bond acceptors (Lipinski definition) is 3. The van der Waals surface area contributed by atoms with Crippen LogP contribution in [0.25, 0.3) is 0 Å². The highest BCUT2D eigenvalue weighted by Crippen LogP contribution is 2.32. The number of carbonyl (C=O) groups is 1. The van der Waals surface area contributed by atoms with E-state index in [1.165, 1.54) is 51.5 Å². The first-order chi connectivity index (χ1) is 11.3. The van der Waals surface area contributed by atoms with Crippen molar-refractivity contribution in [1.82, 2.24) is 10.2 Å². The van der Waals surface area contributed by atoms with Crippen LogP contribution in [-0.4, -0.2) is 49.2 Å². The van der Waals surface area contributed by atoms with Gasteiger partial charge in [-0.2, -0.15) is 0 Å². The second-order valence-corrected chi connectivity index (χ2v) is 7.85. The molecule has 0 radical (unpaired) electrons. The quantitative estimate of drug-likeness (QED) is 0.817. The summed E-state index contributed by atoms with van der Waals surface area (Å²) in [6.45, 7) is 6.01. The highest BCUT2D eigenvalue weighted by Gasteiger charge is 2.33. The van der Waals surface area contributed by atoms with E-state index >= 15 is 0 Å². The molecule has 4 heteroatoms. The highest BCUT2D eigenvalue weighted by atomic mass is 16.5. The van der Waals surface area contributed by atoms with Gasteiger partial charge in [0.15, 0.2) is 0 Å². The summed E-state index contributed by atoms with van der Waals surface area (Å²) in [5.41, 5.74) is 0. The van der Waals surface area contributed by atoms with Crippen LogP contribution in [0.3, 0.4) is 0 Å². The number of ether oxygens (including phenoxy) is 1. The normalized spacial score (nSPS) is 35.0. The first-order valence-corrected chi connectivity index (χ1v) is 9.89. The van der Waals surface area contributed by atoms with Gasteiger partial charge in [-0.15, -0.1) is 0 Å². The molecule has 3 rings (SSSR count). The van der Waals surface area contributed by atoms with Gasteiger partial charge < -0.3 is 10.1 Å². The molecule has 23 heavy (non-hydrogen) atoms. The third kappa shape index (κ3) is 4.69. The lowest BCUT2D eigenvalue weighted by molar-refractivity contribution is -0.127. The van der Waals surface area contributed by atoms with E-state index < -0.39 is 0 Å². The van der Waals surface area contributed by atoms with Crippen molar-refractivity contribution in [3.05, 3.63) is 0 Å². The first kappa shape index (κ1) is 17.2. The van der Waals surface area contributed by atoms with Crippen LogP contribution in [0, 0.1) is 11.8 Å². The number of fused-ring (bicyclic) bond motifs is 1. The van der Waals surface area contributed by atoms with Crippen LogP contribution < -0.4 is 5.32 Å². The fourth-order valence-corrected chi connectivity index (χ4v) is 4.57. The van der Waals surface area contributed by atoms with Gasteiger partial charge in [0.2, 0.25) is 5.91 Å². The number of nitrogens with one attached hydrogen (secondary N) is 1. The maximum absolute atomic E-state index is 12.4. The van der Waals surface area contributed by atoms with Crippen molar-refractivity contribution in [3.8, 4) is 0 Å². The van der Waals surface area contributed by atoms with Crippen LogP contribution in [-0.2, 0) is 9.53 Å². The Morgan fingerprint density at radius 2 is 2.04 bits per heavy atom. The molecule has 2 saturated heterocycles. The molecule has 0 bridgehead atoms. The summed E-state index contributed by atoms with van der Waals surface area (Å²) >= 11 is 0. The Labute approximate surface area is 141 Å². The average molecular weight is 322 g/mol. The number of amides is 1. The highest BCUT2D eigenvalue weighted by molar-refractivity contribution is 5.78. The lowest BCUT2D eigenvalue weighted by atomic mass is 9.79. The zero-order chi connectivity index (χ0) is 16.1. The summed E-state index contributed by atoms with van der Waals surface area (Å²) in [4.78, 5) is 14.9. The topological polar surface area (TPSA) is 41.6 Å². The summed E-state index contributed by atoms with van der Waals surface area (Å²) in [7, 11) is 0.